The van der Waals surface area contributed by atoms with Crippen LogP contribution in [0.5, 0.6) is 0 Å². The zero-order valence-corrected chi connectivity index (χ0v) is 11.7. The van der Waals surface area contributed by atoms with Crippen LogP contribution in [0.25, 0.3) is 6.08 Å². The van der Waals surface area contributed by atoms with Crippen LogP contribution in [0.3, 0.4) is 0 Å². The highest BCUT2D eigenvalue weighted by atomic mass is 32.2. The molecular formula is C16H16O2S. The lowest BCUT2D eigenvalue weighted by atomic mass is 10.1. The van der Waals surface area contributed by atoms with Gasteiger partial charge in [-0.05, 0) is 30.2 Å². The number of rotatable bonds is 4. The van der Waals surface area contributed by atoms with Crippen molar-refractivity contribution < 1.29 is 8.42 Å². The van der Waals surface area contributed by atoms with Gasteiger partial charge in [-0.15, -0.1) is 0 Å². The molecule has 0 radical (unpaired) electrons. The second-order valence-corrected chi connectivity index (χ2v) is 6.46. The fraction of sp³-hybridized carbons (Fsp3) is 0.125. The first-order chi connectivity index (χ1) is 9.03. The minimum absolute atomic E-state index is 0.00173. The molecule has 0 heterocycles. The Hall–Kier alpha value is -1.87. The van der Waals surface area contributed by atoms with Crippen molar-refractivity contribution >= 4 is 15.9 Å². The zero-order valence-electron chi connectivity index (χ0n) is 10.8. The molecule has 3 heteroatoms. The first-order valence-corrected chi connectivity index (χ1v) is 7.68. The minimum Gasteiger partial charge on any atom is -0.223 e. The highest BCUT2D eigenvalue weighted by molar-refractivity contribution is 7.90. The van der Waals surface area contributed by atoms with E-state index in [1.807, 2.05) is 43.3 Å². The summed E-state index contributed by atoms with van der Waals surface area (Å²) in [6, 6.07) is 14.3. The average Bonchev–Trinajstić information content (AvgIpc) is 2.39. The fourth-order valence-electron chi connectivity index (χ4n) is 1.90. The van der Waals surface area contributed by atoms with Crippen LogP contribution < -0.4 is 0 Å². The normalized spacial score (nSPS) is 11.2. The monoisotopic (exact) mass is 272 g/mol. The summed E-state index contributed by atoms with van der Waals surface area (Å²) >= 11 is 0. The standard InChI is InChI=1S/C16H16O2S/c1-3-14-6-4-5-7-15(14)12-19(17,18)16-10-8-13(2)9-11-16/h3-11H,1,12H2,2H3. The van der Waals surface area contributed by atoms with E-state index in [1.165, 1.54) is 0 Å². The van der Waals surface area contributed by atoms with Crippen LogP contribution >= 0.6 is 0 Å². The Morgan fingerprint density at radius 3 is 2.32 bits per heavy atom. The highest BCUT2D eigenvalue weighted by Gasteiger charge is 2.16. The molecule has 0 unspecified atom stereocenters. The first-order valence-electron chi connectivity index (χ1n) is 6.03. The summed E-state index contributed by atoms with van der Waals surface area (Å²) in [5.74, 6) is -0.00173. The summed E-state index contributed by atoms with van der Waals surface area (Å²) in [6.45, 7) is 5.65. The number of hydrogen-bond donors (Lipinski definition) is 0. The molecule has 0 aliphatic carbocycles. The van der Waals surface area contributed by atoms with E-state index in [4.69, 9.17) is 0 Å². The van der Waals surface area contributed by atoms with E-state index in [2.05, 4.69) is 6.58 Å². The molecule has 2 rings (SSSR count). The van der Waals surface area contributed by atoms with E-state index >= 15 is 0 Å². The number of aryl methyl sites for hydroxylation is 1. The van der Waals surface area contributed by atoms with Crippen LogP contribution in [0.2, 0.25) is 0 Å². The van der Waals surface area contributed by atoms with Gasteiger partial charge in [0.2, 0.25) is 0 Å². The lowest BCUT2D eigenvalue weighted by Crippen LogP contribution is -2.06. The van der Waals surface area contributed by atoms with Crippen molar-refractivity contribution in [3.8, 4) is 0 Å². The van der Waals surface area contributed by atoms with Crippen molar-refractivity contribution in [1.29, 1.82) is 0 Å². The molecule has 98 valence electrons. The molecule has 0 N–H and O–H groups in total. The van der Waals surface area contributed by atoms with Crippen molar-refractivity contribution in [2.24, 2.45) is 0 Å². The van der Waals surface area contributed by atoms with Gasteiger partial charge in [-0.1, -0.05) is 54.6 Å². The van der Waals surface area contributed by atoms with E-state index in [1.54, 1.807) is 18.2 Å². The van der Waals surface area contributed by atoms with Crippen molar-refractivity contribution in [1.82, 2.24) is 0 Å². The highest BCUT2D eigenvalue weighted by Crippen LogP contribution is 2.20. The molecule has 0 spiro atoms. The fourth-order valence-corrected chi connectivity index (χ4v) is 3.29. The van der Waals surface area contributed by atoms with E-state index < -0.39 is 9.84 Å². The Labute approximate surface area is 114 Å². The smallest absolute Gasteiger partial charge is 0.182 e. The van der Waals surface area contributed by atoms with Gasteiger partial charge in [0.05, 0.1) is 10.6 Å². The average molecular weight is 272 g/mol. The van der Waals surface area contributed by atoms with E-state index in [0.29, 0.717) is 4.90 Å². The van der Waals surface area contributed by atoms with E-state index in [0.717, 1.165) is 16.7 Å². The lowest BCUT2D eigenvalue weighted by molar-refractivity contribution is 0.595. The first kappa shape index (κ1) is 13.6. The van der Waals surface area contributed by atoms with Crippen molar-refractivity contribution in [3.63, 3.8) is 0 Å². The Bertz CT molecular complexity index is 683. The van der Waals surface area contributed by atoms with Crippen LogP contribution in [0.15, 0.2) is 60.0 Å². The second kappa shape index (κ2) is 5.41. The molecule has 0 saturated carbocycles. The van der Waals surface area contributed by atoms with Crippen LogP contribution in [0.1, 0.15) is 16.7 Å². The Morgan fingerprint density at radius 1 is 1.05 bits per heavy atom. The zero-order chi connectivity index (χ0) is 13.9. The second-order valence-electron chi connectivity index (χ2n) is 4.48. The summed E-state index contributed by atoms with van der Waals surface area (Å²) in [5.41, 5.74) is 2.68. The van der Waals surface area contributed by atoms with Gasteiger partial charge in [0, 0.05) is 0 Å². The van der Waals surface area contributed by atoms with Gasteiger partial charge in [0.25, 0.3) is 0 Å². The molecular weight excluding hydrogens is 256 g/mol. The number of sulfone groups is 1. The molecule has 0 bridgehead atoms. The largest absolute Gasteiger partial charge is 0.223 e. The Balaban J connectivity index is 2.36. The third kappa shape index (κ3) is 3.12. The molecule has 2 nitrogen and oxygen atoms in total. The van der Waals surface area contributed by atoms with Crippen molar-refractivity contribution in [2.45, 2.75) is 17.6 Å². The van der Waals surface area contributed by atoms with Gasteiger partial charge < -0.3 is 0 Å². The van der Waals surface area contributed by atoms with Crippen LogP contribution in [0.4, 0.5) is 0 Å². The maximum absolute atomic E-state index is 12.3. The predicted molar refractivity (Wildman–Crippen MR) is 78.6 cm³/mol. The van der Waals surface area contributed by atoms with Gasteiger partial charge in [-0.3, -0.25) is 0 Å². The maximum atomic E-state index is 12.3. The third-order valence-corrected chi connectivity index (χ3v) is 4.68. The molecule has 0 aromatic heterocycles. The topological polar surface area (TPSA) is 34.1 Å². The van der Waals surface area contributed by atoms with Crippen LogP contribution in [0, 0.1) is 6.92 Å². The van der Waals surface area contributed by atoms with Gasteiger partial charge in [0.1, 0.15) is 0 Å². The number of hydrogen-bond acceptors (Lipinski definition) is 2. The predicted octanol–water partition coefficient (Wildman–Crippen LogP) is 3.61. The van der Waals surface area contributed by atoms with Gasteiger partial charge in [0.15, 0.2) is 9.84 Å². The van der Waals surface area contributed by atoms with Gasteiger partial charge in [-0.25, -0.2) is 8.42 Å². The number of benzene rings is 2. The molecule has 0 amide bonds. The molecule has 0 atom stereocenters. The van der Waals surface area contributed by atoms with Gasteiger partial charge >= 0.3 is 0 Å². The molecule has 0 fully saturated rings. The maximum Gasteiger partial charge on any atom is 0.182 e. The SMILES string of the molecule is C=Cc1ccccc1CS(=O)(=O)c1ccc(C)cc1. The van der Waals surface area contributed by atoms with E-state index in [-0.39, 0.29) is 5.75 Å². The lowest BCUT2D eigenvalue weighted by Gasteiger charge is -2.08. The minimum atomic E-state index is -3.31. The Kier molecular flexibility index (Phi) is 3.86. The molecule has 2 aromatic carbocycles. The summed E-state index contributed by atoms with van der Waals surface area (Å²) in [6.07, 6.45) is 1.68. The molecule has 0 aliphatic rings. The summed E-state index contributed by atoms with van der Waals surface area (Å²) in [5, 5.41) is 0. The van der Waals surface area contributed by atoms with Crippen LogP contribution in [-0.4, -0.2) is 8.42 Å². The van der Waals surface area contributed by atoms with Crippen LogP contribution in [-0.2, 0) is 15.6 Å². The molecule has 0 saturated heterocycles. The quantitative estimate of drug-likeness (QED) is 0.852. The van der Waals surface area contributed by atoms with Gasteiger partial charge in [-0.2, -0.15) is 0 Å². The summed E-state index contributed by atoms with van der Waals surface area (Å²) in [7, 11) is -3.31. The molecule has 2 aromatic rings. The Morgan fingerprint density at radius 2 is 1.68 bits per heavy atom. The molecule has 0 aliphatic heterocycles. The third-order valence-electron chi connectivity index (χ3n) is 3.00. The summed E-state index contributed by atoms with van der Waals surface area (Å²) < 4.78 is 24.7. The van der Waals surface area contributed by atoms with Crippen molar-refractivity contribution in [2.75, 3.05) is 0 Å². The molecule has 19 heavy (non-hydrogen) atoms. The van der Waals surface area contributed by atoms with E-state index in [9.17, 15) is 8.42 Å². The summed E-state index contributed by atoms with van der Waals surface area (Å²) in [4.78, 5) is 0.358. The van der Waals surface area contributed by atoms with Crippen molar-refractivity contribution in [3.05, 3.63) is 71.8 Å².